The highest BCUT2D eigenvalue weighted by Gasteiger charge is 2.18. The third-order valence-electron chi connectivity index (χ3n) is 1.69. The fraction of sp³-hybridized carbons (Fsp3) is 0.250. The molecule has 0 aliphatic carbocycles. The van der Waals surface area contributed by atoms with E-state index in [1.807, 2.05) is 0 Å². The minimum absolute atomic E-state index is 0.194. The molecule has 0 saturated carbocycles. The van der Waals surface area contributed by atoms with Gasteiger partial charge in [-0.2, -0.15) is 4.39 Å². The van der Waals surface area contributed by atoms with Crippen molar-refractivity contribution in [3.63, 3.8) is 0 Å². The van der Waals surface area contributed by atoms with E-state index >= 15 is 0 Å². The Morgan fingerprint density at radius 3 is 2.77 bits per heavy atom. The number of carboxylic acid groups (broad SMARTS) is 1. The lowest BCUT2D eigenvalue weighted by Crippen LogP contribution is -2.10. The van der Waals surface area contributed by atoms with Crippen molar-refractivity contribution in [1.82, 2.24) is 4.98 Å². The van der Waals surface area contributed by atoms with E-state index < -0.39 is 23.7 Å². The summed E-state index contributed by atoms with van der Waals surface area (Å²) < 4.78 is 25.4. The van der Waals surface area contributed by atoms with Gasteiger partial charge in [-0.15, -0.1) is 0 Å². The number of nitrogens with zero attached hydrogens (tertiary/aromatic N) is 1. The summed E-state index contributed by atoms with van der Waals surface area (Å²) in [6, 6.07) is 0.786. The van der Waals surface area contributed by atoms with Gasteiger partial charge in [-0.05, 0) is 6.92 Å². The summed E-state index contributed by atoms with van der Waals surface area (Å²) >= 11 is 0. The van der Waals surface area contributed by atoms with Gasteiger partial charge >= 0.3 is 5.97 Å². The summed E-state index contributed by atoms with van der Waals surface area (Å²) in [5, 5.41) is 8.54. The first kappa shape index (κ1) is 9.57. The van der Waals surface area contributed by atoms with Crippen molar-refractivity contribution in [2.24, 2.45) is 0 Å². The van der Waals surface area contributed by atoms with Crippen LogP contribution in [0.5, 0.6) is 0 Å². The van der Waals surface area contributed by atoms with Crippen molar-refractivity contribution in [2.75, 3.05) is 0 Å². The molecule has 1 N–H and O–H groups in total. The summed E-state index contributed by atoms with van der Waals surface area (Å²) in [6.45, 7) is 1.28. The molecule has 0 aliphatic heterocycles. The number of hydrogen-bond donors (Lipinski definition) is 1. The molecule has 1 aromatic heterocycles. The van der Waals surface area contributed by atoms with E-state index in [2.05, 4.69) is 4.98 Å². The van der Waals surface area contributed by atoms with Crippen molar-refractivity contribution in [3.05, 3.63) is 29.6 Å². The maximum Gasteiger partial charge on any atom is 0.310 e. The molecular weight excluding hydrogens is 180 g/mol. The van der Waals surface area contributed by atoms with E-state index in [0.717, 1.165) is 6.07 Å². The van der Waals surface area contributed by atoms with Crippen molar-refractivity contribution >= 4 is 5.97 Å². The minimum Gasteiger partial charge on any atom is -0.481 e. The number of rotatable bonds is 2. The molecule has 1 rings (SSSR count). The third kappa shape index (κ3) is 1.99. The quantitative estimate of drug-likeness (QED) is 0.714. The van der Waals surface area contributed by atoms with E-state index in [1.165, 1.54) is 6.92 Å². The predicted molar refractivity (Wildman–Crippen MR) is 40.2 cm³/mol. The largest absolute Gasteiger partial charge is 0.481 e. The zero-order valence-corrected chi connectivity index (χ0v) is 6.79. The second-order valence-electron chi connectivity index (χ2n) is 2.59. The predicted octanol–water partition coefficient (Wildman–Crippen LogP) is 1.55. The van der Waals surface area contributed by atoms with Gasteiger partial charge in [0, 0.05) is 11.6 Å². The molecule has 0 radical (unpaired) electrons. The first-order chi connectivity index (χ1) is 6.02. The highest BCUT2D eigenvalue weighted by molar-refractivity contribution is 5.75. The van der Waals surface area contributed by atoms with E-state index in [-0.39, 0.29) is 5.56 Å². The van der Waals surface area contributed by atoms with Crippen molar-refractivity contribution < 1.29 is 18.7 Å². The van der Waals surface area contributed by atoms with Gasteiger partial charge in [-0.1, -0.05) is 0 Å². The summed E-state index contributed by atoms with van der Waals surface area (Å²) in [7, 11) is 0. The summed E-state index contributed by atoms with van der Waals surface area (Å²) in [4.78, 5) is 13.5. The second-order valence-corrected chi connectivity index (χ2v) is 2.59. The molecule has 0 aliphatic rings. The van der Waals surface area contributed by atoms with Crippen molar-refractivity contribution in [3.8, 4) is 0 Å². The lowest BCUT2D eigenvalue weighted by atomic mass is 10.0. The molecule has 5 heteroatoms. The van der Waals surface area contributed by atoms with E-state index in [4.69, 9.17) is 5.11 Å². The average molecular weight is 187 g/mol. The third-order valence-corrected chi connectivity index (χ3v) is 1.69. The van der Waals surface area contributed by atoms with E-state index in [1.54, 1.807) is 0 Å². The van der Waals surface area contributed by atoms with Crippen LogP contribution in [-0.2, 0) is 4.79 Å². The maximum atomic E-state index is 12.9. The SMILES string of the molecule is CC(C(=O)O)c1cc(F)ncc1F. The van der Waals surface area contributed by atoms with Crippen LogP contribution in [0, 0.1) is 11.8 Å². The summed E-state index contributed by atoms with van der Waals surface area (Å²) in [5.74, 6) is -3.97. The Morgan fingerprint density at radius 1 is 1.62 bits per heavy atom. The summed E-state index contributed by atoms with van der Waals surface area (Å²) in [6.07, 6.45) is 0.671. The average Bonchev–Trinajstić information content (AvgIpc) is 2.08. The lowest BCUT2D eigenvalue weighted by molar-refractivity contribution is -0.138. The van der Waals surface area contributed by atoms with Crippen LogP contribution in [0.25, 0.3) is 0 Å². The fourth-order valence-corrected chi connectivity index (χ4v) is 0.892. The first-order valence-electron chi connectivity index (χ1n) is 3.56. The zero-order valence-electron chi connectivity index (χ0n) is 6.79. The Balaban J connectivity index is 3.12. The zero-order chi connectivity index (χ0) is 10.0. The molecule has 0 spiro atoms. The molecule has 0 saturated heterocycles. The first-order valence-corrected chi connectivity index (χ1v) is 3.56. The van der Waals surface area contributed by atoms with Crippen LogP contribution in [-0.4, -0.2) is 16.1 Å². The van der Waals surface area contributed by atoms with Crippen LogP contribution in [0.4, 0.5) is 8.78 Å². The molecule has 0 fully saturated rings. The molecule has 1 atom stereocenters. The van der Waals surface area contributed by atoms with Gasteiger partial charge in [0.05, 0.1) is 12.1 Å². The Bertz CT molecular complexity index is 341. The number of aromatic nitrogens is 1. The van der Waals surface area contributed by atoms with Gasteiger partial charge in [0.25, 0.3) is 0 Å². The van der Waals surface area contributed by atoms with Crippen molar-refractivity contribution in [1.29, 1.82) is 0 Å². The van der Waals surface area contributed by atoms with Gasteiger partial charge in [0.1, 0.15) is 5.82 Å². The van der Waals surface area contributed by atoms with E-state index in [9.17, 15) is 13.6 Å². The van der Waals surface area contributed by atoms with Crippen LogP contribution in [0.1, 0.15) is 18.4 Å². The maximum absolute atomic E-state index is 12.9. The molecule has 0 bridgehead atoms. The number of hydrogen-bond acceptors (Lipinski definition) is 2. The summed E-state index contributed by atoms with van der Waals surface area (Å²) in [5.41, 5.74) is -0.194. The number of carbonyl (C=O) groups is 1. The second kappa shape index (κ2) is 3.47. The van der Waals surface area contributed by atoms with Crippen molar-refractivity contribution in [2.45, 2.75) is 12.8 Å². The molecule has 70 valence electrons. The smallest absolute Gasteiger partial charge is 0.310 e. The van der Waals surface area contributed by atoms with Gasteiger partial charge < -0.3 is 5.11 Å². The van der Waals surface area contributed by atoms with Crippen LogP contribution >= 0.6 is 0 Å². The molecule has 13 heavy (non-hydrogen) atoms. The molecule has 1 aromatic rings. The highest BCUT2D eigenvalue weighted by Crippen LogP contribution is 2.18. The van der Waals surface area contributed by atoms with Crippen LogP contribution < -0.4 is 0 Å². The topological polar surface area (TPSA) is 50.2 Å². The number of halogens is 2. The van der Waals surface area contributed by atoms with Gasteiger partial charge in [-0.25, -0.2) is 9.37 Å². The van der Waals surface area contributed by atoms with E-state index in [0.29, 0.717) is 6.20 Å². The molecule has 1 heterocycles. The molecule has 3 nitrogen and oxygen atoms in total. The normalized spacial score (nSPS) is 12.5. The Labute approximate surface area is 73.0 Å². The molecular formula is C8H7F2NO2. The van der Waals surface area contributed by atoms with Crippen LogP contribution in [0.3, 0.4) is 0 Å². The Morgan fingerprint density at radius 2 is 2.23 bits per heavy atom. The Hall–Kier alpha value is -1.52. The lowest BCUT2D eigenvalue weighted by Gasteiger charge is -2.06. The number of carboxylic acids is 1. The van der Waals surface area contributed by atoms with Gasteiger partial charge in [0.15, 0.2) is 0 Å². The van der Waals surface area contributed by atoms with Crippen LogP contribution in [0.2, 0.25) is 0 Å². The Kier molecular flexibility index (Phi) is 2.55. The fourth-order valence-electron chi connectivity index (χ4n) is 0.892. The number of aliphatic carboxylic acids is 1. The molecule has 0 aromatic carbocycles. The van der Waals surface area contributed by atoms with Gasteiger partial charge in [0.2, 0.25) is 5.95 Å². The monoisotopic (exact) mass is 187 g/mol. The molecule has 1 unspecified atom stereocenters. The highest BCUT2D eigenvalue weighted by atomic mass is 19.1. The number of pyridine rings is 1. The minimum atomic E-state index is -1.20. The molecule has 0 amide bonds. The van der Waals surface area contributed by atoms with Gasteiger partial charge in [-0.3, -0.25) is 4.79 Å². The van der Waals surface area contributed by atoms with Crippen LogP contribution in [0.15, 0.2) is 12.3 Å². The standard InChI is InChI=1S/C8H7F2NO2/c1-4(8(12)13)5-2-7(10)11-3-6(5)9/h2-4H,1H3,(H,12,13).